The summed E-state index contributed by atoms with van der Waals surface area (Å²) in [5, 5.41) is 0.827. The average Bonchev–Trinajstić information content (AvgIpc) is 3.36. The van der Waals surface area contributed by atoms with Gasteiger partial charge >= 0.3 is 5.97 Å². The minimum Gasteiger partial charge on any atom is -0.462 e. The van der Waals surface area contributed by atoms with Gasteiger partial charge in [0.1, 0.15) is 12.3 Å². The van der Waals surface area contributed by atoms with E-state index in [1.807, 2.05) is 45.3 Å². The van der Waals surface area contributed by atoms with Crippen LogP contribution in [0.5, 0.6) is 0 Å². The highest BCUT2D eigenvalue weighted by Gasteiger charge is 2.45. The number of allylic oxidation sites excluding steroid dienone is 1. The van der Waals surface area contributed by atoms with Crippen molar-refractivity contribution in [2.24, 2.45) is 10.9 Å². The summed E-state index contributed by atoms with van der Waals surface area (Å²) < 4.78 is 16.1. The van der Waals surface area contributed by atoms with Crippen molar-refractivity contribution in [1.82, 2.24) is 14.9 Å². The quantitative estimate of drug-likeness (QED) is 0.230. The summed E-state index contributed by atoms with van der Waals surface area (Å²) in [6, 6.07) is 9.54. The van der Waals surface area contributed by atoms with Crippen LogP contribution >= 0.6 is 0 Å². The number of aliphatic imine (C=N–C) groups is 1. The molecule has 1 fully saturated rings. The number of carbonyl (C=O) groups excluding carboxylic acids is 2. The molecule has 0 spiro atoms. The number of hydrogen-bond donors (Lipinski definition) is 1. The zero-order valence-electron chi connectivity index (χ0n) is 20.2. The highest BCUT2D eigenvalue weighted by Crippen LogP contribution is 2.30. The van der Waals surface area contributed by atoms with Crippen LogP contribution in [0.15, 0.2) is 53.5 Å². The Morgan fingerprint density at radius 3 is 2.86 bits per heavy atom. The second-order valence-corrected chi connectivity index (χ2v) is 8.52. The lowest BCUT2D eigenvalue weighted by Crippen LogP contribution is -2.28. The number of aryl methyl sites for hydroxylation is 1. The molecule has 1 aliphatic rings. The van der Waals surface area contributed by atoms with Gasteiger partial charge in [-0.25, -0.2) is 9.98 Å². The maximum atomic E-state index is 13.3. The summed E-state index contributed by atoms with van der Waals surface area (Å²) in [6.07, 6.45) is 5.00. The highest BCUT2D eigenvalue weighted by atomic mass is 16.6. The summed E-state index contributed by atoms with van der Waals surface area (Å²) in [4.78, 5) is 40.1. The Labute approximate surface area is 203 Å². The van der Waals surface area contributed by atoms with Gasteiger partial charge in [-0.15, -0.1) is 0 Å². The molecule has 3 heterocycles. The molecule has 1 aliphatic heterocycles. The Kier molecular flexibility index (Phi) is 7.38. The fourth-order valence-corrected chi connectivity index (χ4v) is 3.84. The normalized spacial score (nSPS) is 18.1. The van der Waals surface area contributed by atoms with Gasteiger partial charge in [0.25, 0.3) is 0 Å². The number of carbonyl (C=O) groups is 2. The number of pyridine rings is 1. The molecule has 0 saturated carbocycles. The van der Waals surface area contributed by atoms with Gasteiger partial charge in [-0.1, -0.05) is 12.1 Å². The highest BCUT2D eigenvalue weighted by molar-refractivity contribution is 6.27. The standard InChI is InChI=1S/C26H28N4O5/c1-16-12-17(15-30(2)3)7-8-20(16)29-25-22(26(32)34-11-10-33-4)23(31)21(35-25)13-18-14-28-24-19(18)6-5-9-27-24/h5-9,12-14,22H,10-11,15H2,1-4H3,(H,27,28)/b21-13-,29-25?. The Bertz CT molecular complexity index is 1310. The van der Waals surface area contributed by atoms with Gasteiger partial charge < -0.3 is 24.1 Å². The molecule has 0 bridgehead atoms. The van der Waals surface area contributed by atoms with Crippen molar-refractivity contribution in [2.45, 2.75) is 13.5 Å². The summed E-state index contributed by atoms with van der Waals surface area (Å²) >= 11 is 0. The number of esters is 1. The topological polar surface area (TPSA) is 106 Å². The van der Waals surface area contributed by atoms with Crippen LogP contribution in [0.1, 0.15) is 16.7 Å². The molecular formula is C26H28N4O5. The van der Waals surface area contributed by atoms with Crippen LogP contribution in [0.25, 0.3) is 17.1 Å². The van der Waals surface area contributed by atoms with Gasteiger partial charge in [0.15, 0.2) is 11.7 Å². The van der Waals surface area contributed by atoms with Crippen molar-refractivity contribution in [3.05, 3.63) is 65.2 Å². The lowest BCUT2D eigenvalue weighted by Gasteiger charge is -2.12. The average molecular weight is 477 g/mol. The predicted molar refractivity (Wildman–Crippen MR) is 132 cm³/mol. The summed E-state index contributed by atoms with van der Waals surface area (Å²) in [6.45, 7) is 2.96. The number of methoxy groups -OCH3 is 1. The predicted octanol–water partition coefficient (Wildman–Crippen LogP) is 3.41. The number of hydrogen-bond acceptors (Lipinski definition) is 8. The van der Waals surface area contributed by atoms with Gasteiger partial charge in [-0.05, 0) is 56.4 Å². The summed E-state index contributed by atoms with van der Waals surface area (Å²) in [7, 11) is 5.50. The molecule has 2 aromatic heterocycles. The molecule has 35 heavy (non-hydrogen) atoms. The molecular weight excluding hydrogens is 448 g/mol. The molecule has 1 unspecified atom stereocenters. The number of rotatable bonds is 8. The Hall–Kier alpha value is -3.82. The third-order valence-corrected chi connectivity index (χ3v) is 5.49. The number of ether oxygens (including phenoxy) is 3. The molecule has 4 rings (SSSR count). The van der Waals surface area contributed by atoms with Gasteiger partial charge in [0, 0.05) is 37.0 Å². The van der Waals surface area contributed by atoms with Crippen molar-refractivity contribution >= 4 is 40.4 Å². The Morgan fingerprint density at radius 2 is 2.11 bits per heavy atom. The number of nitrogens with one attached hydrogen (secondary N) is 1. The molecule has 1 aromatic carbocycles. The Morgan fingerprint density at radius 1 is 1.29 bits per heavy atom. The third-order valence-electron chi connectivity index (χ3n) is 5.49. The lowest BCUT2D eigenvalue weighted by molar-refractivity contribution is -0.149. The minimum atomic E-state index is -1.29. The molecule has 1 N–H and O–H groups in total. The zero-order valence-corrected chi connectivity index (χ0v) is 20.2. The van der Waals surface area contributed by atoms with Crippen LogP contribution in [0, 0.1) is 12.8 Å². The van der Waals surface area contributed by atoms with Gasteiger partial charge in [-0.3, -0.25) is 9.59 Å². The monoisotopic (exact) mass is 476 g/mol. The van der Waals surface area contributed by atoms with E-state index in [1.165, 1.54) is 7.11 Å². The first kappa shape index (κ1) is 24.3. The molecule has 0 radical (unpaired) electrons. The second kappa shape index (κ2) is 10.6. The number of benzene rings is 1. The van der Waals surface area contributed by atoms with E-state index in [4.69, 9.17) is 14.2 Å². The van der Waals surface area contributed by atoms with Crippen LogP contribution in [0.4, 0.5) is 5.69 Å². The molecule has 9 nitrogen and oxygen atoms in total. The zero-order chi connectivity index (χ0) is 24.9. The van der Waals surface area contributed by atoms with E-state index in [1.54, 1.807) is 24.5 Å². The fourth-order valence-electron chi connectivity index (χ4n) is 3.84. The first-order valence-electron chi connectivity index (χ1n) is 11.2. The van der Waals surface area contributed by atoms with E-state index in [0.29, 0.717) is 16.9 Å². The molecule has 9 heteroatoms. The van der Waals surface area contributed by atoms with Crippen molar-refractivity contribution in [1.29, 1.82) is 0 Å². The maximum absolute atomic E-state index is 13.3. The third kappa shape index (κ3) is 5.47. The molecule has 0 aliphatic carbocycles. The van der Waals surface area contributed by atoms with E-state index >= 15 is 0 Å². The number of nitrogens with zero attached hydrogens (tertiary/aromatic N) is 3. The smallest absolute Gasteiger partial charge is 0.326 e. The number of fused-ring (bicyclic) bond motifs is 1. The molecule has 1 atom stereocenters. The van der Waals surface area contributed by atoms with Crippen LogP contribution in [0.2, 0.25) is 0 Å². The van der Waals surface area contributed by atoms with E-state index in [2.05, 4.69) is 19.9 Å². The first-order valence-corrected chi connectivity index (χ1v) is 11.2. The molecule has 0 amide bonds. The van der Waals surface area contributed by atoms with Crippen LogP contribution < -0.4 is 0 Å². The van der Waals surface area contributed by atoms with E-state index in [-0.39, 0.29) is 24.9 Å². The SMILES string of the molecule is COCCOC(=O)C1C(=O)/C(=C/c2c[nH]c3ncccc23)OC1=Nc1ccc(CN(C)C)cc1C. The van der Waals surface area contributed by atoms with E-state index in [9.17, 15) is 9.59 Å². The second-order valence-electron chi connectivity index (χ2n) is 8.52. The molecule has 3 aromatic rings. The van der Waals surface area contributed by atoms with Crippen LogP contribution in [0.3, 0.4) is 0 Å². The number of aromatic nitrogens is 2. The van der Waals surface area contributed by atoms with Gasteiger partial charge in [-0.2, -0.15) is 0 Å². The Balaban J connectivity index is 1.69. The largest absolute Gasteiger partial charge is 0.462 e. The molecule has 1 saturated heterocycles. The number of H-pyrrole nitrogens is 1. The van der Waals surface area contributed by atoms with Crippen LogP contribution in [-0.2, 0) is 30.3 Å². The van der Waals surface area contributed by atoms with Crippen molar-refractivity contribution in [3.63, 3.8) is 0 Å². The number of ketones is 1. The van der Waals surface area contributed by atoms with E-state index < -0.39 is 17.7 Å². The van der Waals surface area contributed by atoms with Gasteiger partial charge in [0.05, 0.1) is 12.3 Å². The van der Waals surface area contributed by atoms with Crippen molar-refractivity contribution < 1.29 is 23.8 Å². The summed E-state index contributed by atoms with van der Waals surface area (Å²) in [5.74, 6) is -2.51. The lowest BCUT2D eigenvalue weighted by atomic mass is 10.0. The first-order chi connectivity index (χ1) is 16.9. The van der Waals surface area contributed by atoms with Crippen LogP contribution in [-0.4, -0.2) is 66.9 Å². The summed E-state index contributed by atoms with van der Waals surface area (Å²) in [5.41, 5.74) is 4.04. The molecule has 182 valence electrons. The minimum absolute atomic E-state index is 0.00917. The maximum Gasteiger partial charge on any atom is 0.326 e. The van der Waals surface area contributed by atoms with Crippen molar-refractivity contribution in [2.75, 3.05) is 34.4 Å². The number of Topliss-reactive ketones (excluding diaryl/α,β-unsaturated/α-hetero) is 1. The van der Waals surface area contributed by atoms with Crippen molar-refractivity contribution in [3.8, 4) is 0 Å². The number of aromatic amines is 1. The van der Waals surface area contributed by atoms with E-state index in [0.717, 1.165) is 23.1 Å². The van der Waals surface area contributed by atoms with Gasteiger partial charge in [0.2, 0.25) is 11.7 Å². The fraction of sp³-hybridized carbons (Fsp3) is 0.308.